The first-order valence-electron chi connectivity index (χ1n) is 19.7. The number of benzene rings is 9. The third kappa shape index (κ3) is 5.59. The molecular formula is C55H39NS. The largest absolute Gasteiger partial charge is 0.310 e. The molecule has 0 saturated heterocycles. The van der Waals surface area contributed by atoms with Gasteiger partial charge in [0.15, 0.2) is 0 Å². The molecule has 0 bridgehead atoms. The summed E-state index contributed by atoms with van der Waals surface area (Å²) in [4.78, 5) is 2.42. The fourth-order valence-corrected chi connectivity index (χ4v) is 10.3. The zero-order valence-electron chi connectivity index (χ0n) is 31.9. The molecule has 1 nitrogen and oxygen atoms in total. The highest BCUT2D eigenvalue weighted by atomic mass is 32.1. The normalized spacial score (nSPS) is 12.9. The molecule has 2 heteroatoms. The third-order valence-electron chi connectivity index (χ3n) is 12.1. The van der Waals surface area contributed by atoms with Crippen LogP contribution >= 0.6 is 11.3 Å². The van der Waals surface area contributed by atoms with Gasteiger partial charge in [0.05, 0.1) is 0 Å². The van der Waals surface area contributed by atoms with Crippen LogP contribution in [0.15, 0.2) is 200 Å². The zero-order valence-corrected chi connectivity index (χ0v) is 32.7. The van der Waals surface area contributed by atoms with Gasteiger partial charge < -0.3 is 4.90 Å². The first-order chi connectivity index (χ1) is 28.0. The monoisotopic (exact) mass is 745 g/mol. The Bertz CT molecular complexity index is 3130. The van der Waals surface area contributed by atoms with Gasteiger partial charge in [-0.25, -0.2) is 0 Å². The van der Waals surface area contributed by atoms with E-state index in [0.717, 1.165) is 17.1 Å². The van der Waals surface area contributed by atoms with Gasteiger partial charge in [-0.3, -0.25) is 0 Å². The van der Waals surface area contributed by atoms with Crippen molar-refractivity contribution in [1.82, 2.24) is 0 Å². The Morgan fingerprint density at radius 3 is 1.72 bits per heavy atom. The molecule has 9 aromatic carbocycles. The van der Waals surface area contributed by atoms with Gasteiger partial charge in [0.2, 0.25) is 0 Å². The van der Waals surface area contributed by atoms with Gasteiger partial charge in [0.1, 0.15) is 0 Å². The highest BCUT2D eigenvalue weighted by Gasteiger charge is 2.36. The second kappa shape index (κ2) is 13.2. The van der Waals surface area contributed by atoms with Gasteiger partial charge in [-0.1, -0.05) is 159 Å². The van der Waals surface area contributed by atoms with E-state index in [1.165, 1.54) is 86.6 Å². The van der Waals surface area contributed by atoms with E-state index in [1.807, 2.05) is 11.3 Å². The Morgan fingerprint density at radius 2 is 0.930 bits per heavy atom. The van der Waals surface area contributed by atoms with E-state index in [9.17, 15) is 0 Å². The van der Waals surface area contributed by atoms with Crippen LogP contribution in [0, 0.1) is 0 Å². The van der Waals surface area contributed by atoms with Crippen LogP contribution in [0.2, 0.25) is 0 Å². The lowest BCUT2D eigenvalue weighted by molar-refractivity contribution is 0.660. The van der Waals surface area contributed by atoms with Gasteiger partial charge in [-0.15, -0.1) is 11.3 Å². The lowest BCUT2D eigenvalue weighted by atomic mass is 9.81. The highest BCUT2D eigenvalue weighted by molar-refractivity contribution is 7.26. The summed E-state index contributed by atoms with van der Waals surface area (Å²) in [7, 11) is 0. The van der Waals surface area contributed by atoms with Crippen molar-refractivity contribution in [2.75, 3.05) is 4.90 Å². The molecule has 0 N–H and O–H groups in total. The topological polar surface area (TPSA) is 3.24 Å². The molecule has 0 amide bonds. The third-order valence-corrected chi connectivity index (χ3v) is 13.3. The molecule has 0 radical (unpaired) electrons. The second-order valence-electron chi connectivity index (χ2n) is 15.8. The molecule has 1 aromatic heterocycles. The summed E-state index contributed by atoms with van der Waals surface area (Å²) < 4.78 is 2.66. The SMILES string of the molecule is CC1(C)c2cc(-c3ccccc3)ccc2-c2ccc(N(c3ccc(-c4ccc5ccccc5c4)cc3)c3ccc(-c4cccc5c4sc4ccccc45)cc3)cc21. The molecule has 0 atom stereocenters. The predicted molar refractivity (Wildman–Crippen MR) is 245 cm³/mol. The highest BCUT2D eigenvalue weighted by Crippen LogP contribution is 2.52. The van der Waals surface area contributed by atoms with E-state index in [0.29, 0.717) is 0 Å². The molecule has 1 heterocycles. The van der Waals surface area contributed by atoms with Crippen molar-refractivity contribution in [2.45, 2.75) is 19.3 Å². The summed E-state index contributed by atoms with van der Waals surface area (Å²) in [6, 6.07) is 73.8. The molecule has 10 aromatic rings. The van der Waals surface area contributed by atoms with Crippen molar-refractivity contribution in [3.8, 4) is 44.5 Å². The minimum Gasteiger partial charge on any atom is -0.310 e. The molecule has 0 unspecified atom stereocenters. The predicted octanol–water partition coefficient (Wildman–Crippen LogP) is 16.0. The van der Waals surface area contributed by atoms with Crippen molar-refractivity contribution >= 4 is 59.3 Å². The van der Waals surface area contributed by atoms with Crippen LogP contribution in [0.4, 0.5) is 17.1 Å². The summed E-state index contributed by atoms with van der Waals surface area (Å²) in [5.74, 6) is 0. The summed E-state index contributed by atoms with van der Waals surface area (Å²) in [6.07, 6.45) is 0. The van der Waals surface area contributed by atoms with Crippen molar-refractivity contribution in [3.05, 3.63) is 211 Å². The van der Waals surface area contributed by atoms with Crippen molar-refractivity contribution in [1.29, 1.82) is 0 Å². The van der Waals surface area contributed by atoms with Crippen LogP contribution in [0.1, 0.15) is 25.0 Å². The summed E-state index contributed by atoms with van der Waals surface area (Å²) in [5, 5.41) is 5.16. The molecule has 57 heavy (non-hydrogen) atoms. The van der Waals surface area contributed by atoms with Crippen LogP contribution in [0.5, 0.6) is 0 Å². The lowest BCUT2D eigenvalue weighted by Crippen LogP contribution is -2.16. The van der Waals surface area contributed by atoms with Gasteiger partial charge in [0.25, 0.3) is 0 Å². The van der Waals surface area contributed by atoms with Crippen molar-refractivity contribution in [2.24, 2.45) is 0 Å². The van der Waals surface area contributed by atoms with E-state index >= 15 is 0 Å². The van der Waals surface area contributed by atoms with E-state index < -0.39 is 0 Å². The fourth-order valence-electron chi connectivity index (χ4n) is 9.06. The first-order valence-corrected chi connectivity index (χ1v) is 20.6. The Labute approximate surface area is 337 Å². The summed E-state index contributed by atoms with van der Waals surface area (Å²) in [5.41, 5.74) is 16.0. The number of thiophene rings is 1. The van der Waals surface area contributed by atoms with Crippen LogP contribution in [-0.4, -0.2) is 0 Å². The molecule has 270 valence electrons. The molecule has 0 spiro atoms. The maximum Gasteiger partial charge on any atom is 0.0465 e. The standard InChI is InChI=1S/C55H39NS/c1-55(2)51-34-42(36-11-4-3-5-12-36)25-31-47(51)48-32-30-45(35-52(48)55)56(43-26-21-38(22-27-43)41-20-19-37-13-6-7-14-40(37)33-41)44-28-23-39(24-29-44)46-16-10-17-50-49-15-8-9-18-53(49)57-54(46)50/h3-35H,1-2H3. The second-order valence-corrected chi connectivity index (χ2v) is 16.8. The molecule has 1 aliphatic carbocycles. The number of anilines is 3. The fraction of sp³-hybridized carbons (Fsp3) is 0.0545. The zero-order chi connectivity index (χ0) is 38.1. The van der Waals surface area contributed by atoms with Crippen LogP contribution in [0.25, 0.3) is 75.5 Å². The average molecular weight is 746 g/mol. The van der Waals surface area contributed by atoms with Crippen LogP contribution in [-0.2, 0) is 5.41 Å². The Hall–Kier alpha value is -6.74. The molecule has 0 saturated carbocycles. The maximum absolute atomic E-state index is 2.43. The molecule has 0 aliphatic heterocycles. The smallest absolute Gasteiger partial charge is 0.0465 e. The van der Waals surface area contributed by atoms with Crippen LogP contribution in [0.3, 0.4) is 0 Å². The number of hydrogen-bond donors (Lipinski definition) is 0. The first kappa shape index (κ1) is 33.6. The molecule has 1 aliphatic rings. The van der Waals surface area contributed by atoms with Gasteiger partial charge >= 0.3 is 0 Å². The minimum atomic E-state index is -0.163. The van der Waals surface area contributed by atoms with Crippen molar-refractivity contribution in [3.63, 3.8) is 0 Å². The Balaban J connectivity index is 1.01. The van der Waals surface area contributed by atoms with Gasteiger partial charge in [0, 0.05) is 42.6 Å². The number of hydrogen-bond acceptors (Lipinski definition) is 2. The van der Waals surface area contributed by atoms with Gasteiger partial charge in [-0.2, -0.15) is 0 Å². The molecule has 0 fully saturated rings. The molecule has 11 rings (SSSR count). The Morgan fingerprint density at radius 1 is 0.368 bits per heavy atom. The van der Waals surface area contributed by atoms with Crippen molar-refractivity contribution < 1.29 is 0 Å². The average Bonchev–Trinajstić information content (AvgIpc) is 3.76. The van der Waals surface area contributed by atoms with Crippen LogP contribution < -0.4 is 4.90 Å². The van der Waals surface area contributed by atoms with E-state index in [1.54, 1.807) is 0 Å². The Kier molecular flexibility index (Phi) is 7.77. The van der Waals surface area contributed by atoms with E-state index in [2.05, 4.69) is 219 Å². The van der Waals surface area contributed by atoms with Gasteiger partial charge in [-0.05, 0) is 121 Å². The lowest BCUT2D eigenvalue weighted by Gasteiger charge is -2.28. The number of fused-ring (bicyclic) bond motifs is 7. The minimum absolute atomic E-state index is 0.163. The van der Waals surface area contributed by atoms with E-state index in [4.69, 9.17) is 0 Å². The number of nitrogens with zero attached hydrogens (tertiary/aromatic N) is 1. The maximum atomic E-state index is 2.43. The summed E-state index contributed by atoms with van der Waals surface area (Å²) >= 11 is 1.88. The number of rotatable bonds is 6. The molecular weight excluding hydrogens is 707 g/mol. The summed E-state index contributed by atoms with van der Waals surface area (Å²) in [6.45, 7) is 4.75. The van der Waals surface area contributed by atoms with E-state index in [-0.39, 0.29) is 5.41 Å². The quantitative estimate of drug-likeness (QED) is 0.164.